The van der Waals surface area contributed by atoms with Gasteiger partial charge in [-0.3, -0.25) is 9.59 Å². The molecule has 0 aromatic carbocycles. The number of carbonyl (C=O) groups is 2. The van der Waals surface area contributed by atoms with Crippen molar-refractivity contribution in [2.24, 2.45) is 0 Å². The van der Waals surface area contributed by atoms with Gasteiger partial charge < -0.3 is 14.9 Å². The van der Waals surface area contributed by atoms with Crippen molar-refractivity contribution in [1.82, 2.24) is 0 Å². The van der Waals surface area contributed by atoms with E-state index in [0.29, 0.717) is 19.6 Å². The summed E-state index contributed by atoms with van der Waals surface area (Å²) in [6.07, 6.45) is 24.0. The lowest BCUT2D eigenvalue weighted by Crippen LogP contribution is -2.05. The summed E-state index contributed by atoms with van der Waals surface area (Å²) in [5.41, 5.74) is 0. The lowest BCUT2D eigenvalue weighted by Gasteiger charge is -2.05. The summed E-state index contributed by atoms with van der Waals surface area (Å²) in [4.78, 5) is 22.1. The zero-order valence-electron chi connectivity index (χ0n) is 20.1. The summed E-state index contributed by atoms with van der Waals surface area (Å²) >= 11 is 0. The fraction of sp³-hybridized carbons (Fsp3) is 0.923. The lowest BCUT2D eigenvalue weighted by molar-refractivity contribution is -0.144. The number of carboxylic acids is 1. The number of hydrogen-bond donors (Lipinski definition) is 2. The van der Waals surface area contributed by atoms with Crippen molar-refractivity contribution < 1.29 is 24.5 Å². The van der Waals surface area contributed by atoms with Gasteiger partial charge in [0, 0.05) is 19.4 Å². The molecular weight excluding hydrogens is 392 g/mol. The van der Waals surface area contributed by atoms with Crippen LogP contribution in [0.15, 0.2) is 0 Å². The Hall–Kier alpha value is -1.10. The maximum atomic E-state index is 11.7. The first-order chi connectivity index (χ1) is 15.2. The fourth-order valence-electron chi connectivity index (χ4n) is 3.85. The van der Waals surface area contributed by atoms with Gasteiger partial charge in [-0.25, -0.2) is 0 Å². The van der Waals surface area contributed by atoms with Crippen molar-refractivity contribution in [2.45, 2.75) is 141 Å². The van der Waals surface area contributed by atoms with Crippen LogP contribution in [0.3, 0.4) is 0 Å². The first kappa shape index (κ1) is 29.9. The zero-order valence-corrected chi connectivity index (χ0v) is 20.1. The first-order valence-electron chi connectivity index (χ1n) is 13.1. The van der Waals surface area contributed by atoms with Crippen molar-refractivity contribution in [3.8, 4) is 0 Å². The predicted octanol–water partition coefficient (Wildman–Crippen LogP) is 7.19. The van der Waals surface area contributed by atoms with Crippen LogP contribution in [0.5, 0.6) is 0 Å². The third-order valence-corrected chi connectivity index (χ3v) is 5.84. The molecule has 31 heavy (non-hydrogen) atoms. The van der Waals surface area contributed by atoms with Gasteiger partial charge in [0.1, 0.15) is 0 Å². The predicted molar refractivity (Wildman–Crippen MR) is 127 cm³/mol. The van der Waals surface area contributed by atoms with Crippen LogP contribution in [0.4, 0.5) is 0 Å². The Morgan fingerprint density at radius 1 is 0.484 bits per heavy atom. The van der Waals surface area contributed by atoms with Gasteiger partial charge in [0.15, 0.2) is 0 Å². The van der Waals surface area contributed by atoms with Crippen molar-refractivity contribution in [3.05, 3.63) is 0 Å². The smallest absolute Gasteiger partial charge is 0.305 e. The highest BCUT2D eigenvalue weighted by Crippen LogP contribution is 2.13. The lowest BCUT2D eigenvalue weighted by atomic mass is 10.0. The molecule has 0 atom stereocenters. The fourth-order valence-corrected chi connectivity index (χ4v) is 3.85. The van der Waals surface area contributed by atoms with Crippen LogP contribution in [0, 0.1) is 0 Å². The second-order valence-electron chi connectivity index (χ2n) is 8.91. The molecule has 5 nitrogen and oxygen atoms in total. The number of esters is 1. The van der Waals surface area contributed by atoms with E-state index in [1.165, 1.54) is 70.6 Å². The van der Waals surface area contributed by atoms with E-state index in [-0.39, 0.29) is 12.4 Å². The number of aliphatic carboxylic acids is 1. The van der Waals surface area contributed by atoms with Crippen LogP contribution in [0.1, 0.15) is 141 Å². The number of carbonyl (C=O) groups excluding carboxylic acids is 1. The number of carboxylic acid groups (broad SMARTS) is 1. The number of aliphatic hydroxyl groups excluding tert-OH is 1. The minimum absolute atomic E-state index is 0.0701. The Labute approximate surface area is 191 Å². The summed E-state index contributed by atoms with van der Waals surface area (Å²) < 4.78 is 5.31. The van der Waals surface area contributed by atoms with E-state index in [2.05, 4.69) is 0 Å². The van der Waals surface area contributed by atoms with E-state index in [4.69, 9.17) is 14.9 Å². The first-order valence-corrected chi connectivity index (χ1v) is 13.1. The molecule has 0 aromatic rings. The average Bonchev–Trinajstić information content (AvgIpc) is 2.75. The number of unbranched alkanes of at least 4 members (excludes halogenated alkanes) is 18. The molecule has 0 saturated carbocycles. The number of rotatable bonds is 25. The molecule has 5 heteroatoms. The van der Waals surface area contributed by atoms with Crippen LogP contribution in [-0.4, -0.2) is 35.4 Å². The van der Waals surface area contributed by atoms with E-state index in [0.717, 1.165) is 57.8 Å². The van der Waals surface area contributed by atoms with Gasteiger partial charge >= 0.3 is 11.9 Å². The summed E-state index contributed by atoms with van der Waals surface area (Å²) in [5, 5.41) is 17.3. The van der Waals surface area contributed by atoms with E-state index in [1.807, 2.05) is 0 Å². The maximum Gasteiger partial charge on any atom is 0.305 e. The minimum Gasteiger partial charge on any atom is -0.481 e. The van der Waals surface area contributed by atoms with Gasteiger partial charge in [-0.15, -0.1) is 0 Å². The van der Waals surface area contributed by atoms with Gasteiger partial charge in [-0.1, -0.05) is 103 Å². The van der Waals surface area contributed by atoms with Gasteiger partial charge in [-0.2, -0.15) is 0 Å². The molecule has 0 radical (unpaired) electrons. The van der Waals surface area contributed by atoms with Crippen molar-refractivity contribution in [2.75, 3.05) is 13.2 Å². The highest BCUT2D eigenvalue weighted by atomic mass is 16.5. The van der Waals surface area contributed by atoms with Gasteiger partial charge in [0.2, 0.25) is 0 Å². The van der Waals surface area contributed by atoms with Gasteiger partial charge in [-0.05, 0) is 25.7 Å². The van der Waals surface area contributed by atoms with Crippen LogP contribution in [0.2, 0.25) is 0 Å². The second-order valence-corrected chi connectivity index (χ2v) is 8.91. The van der Waals surface area contributed by atoms with Crippen molar-refractivity contribution in [3.63, 3.8) is 0 Å². The molecule has 184 valence electrons. The van der Waals surface area contributed by atoms with E-state index < -0.39 is 5.97 Å². The second kappa shape index (κ2) is 25.2. The number of ether oxygens (including phenoxy) is 1. The third-order valence-electron chi connectivity index (χ3n) is 5.84. The highest BCUT2D eigenvalue weighted by molar-refractivity contribution is 5.69. The molecule has 0 aliphatic heterocycles. The topological polar surface area (TPSA) is 83.8 Å². The van der Waals surface area contributed by atoms with Crippen molar-refractivity contribution >= 4 is 11.9 Å². The van der Waals surface area contributed by atoms with E-state index in [1.54, 1.807) is 0 Å². The molecule has 2 N–H and O–H groups in total. The monoisotopic (exact) mass is 442 g/mol. The Kier molecular flexibility index (Phi) is 24.3. The largest absolute Gasteiger partial charge is 0.481 e. The molecular formula is C26H50O5. The standard InChI is InChI=1S/C26H50O5/c27-23-19-15-11-7-5-3-1-2-4-6-8-12-16-20-24-31-26(30)22-18-14-10-9-13-17-21-25(28)29/h27H,1-24H2,(H,28,29). The van der Waals surface area contributed by atoms with Crippen LogP contribution in [-0.2, 0) is 14.3 Å². The van der Waals surface area contributed by atoms with Gasteiger partial charge in [0.25, 0.3) is 0 Å². The van der Waals surface area contributed by atoms with Crippen LogP contribution in [0.25, 0.3) is 0 Å². The number of hydrogen-bond acceptors (Lipinski definition) is 4. The SMILES string of the molecule is O=C(O)CCCCCCCCC(=O)OCCCCCCCCCCCCCCCCO. The van der Waals surface area contributed by atoms with Crippen LogP contribution < -0.4 is 0 Å². The average molecular weight is 443 g/mol. The third kappa shape index (κ3) is 26.9. The molecule has 0 heterocycles. The molecule has 0 rings (SSSR count). The Bertz CT molecular complexity index is 397. The summed E-state index contributed by atoms with van der Waals surface area (Å²) in [6, 6.07) is 0. The molecule has 0 amide bonds. The van der Waals surface area contributed by atoms with Crippen molar-refractivity contribution in [1.29, 1.82) is 0 Å². The van der Waals surface area contributed by atoms with Gasteiger partial charge in [0.05, 0.1) is 6.61 Å². The maximum absolute atomic E-state index is 11.7. The zero-order chi connectivity index (χ0) is 22.8. The molecule has 0 spiro atoms. The van der Waals surface area contributed by atoms with Crippen LogP contribution >= 0.6 is 0 Å². The molecule has 0 aliphatic rings. The molecule has 0 fully saturated rings. The molecule has 0 bridgehead atoms. The quantitative estimate of drug-likeness (QED) is 0.115. The summed E-state index contributed by atoms with van der Waals surface area (Å²) in [6.45, 7) is 0.901. The molecule has 0 aliphatic carbocycles. The summed E-state index contributed by atoms with van der Waals surface area (Å²) in [5.74, 6) is -0.786. The Morgan fingerprint density at radius 2 is 0.839 bits per heavy atom. The normalized spacial score (nSPS) is 11.0. The molecule has 0 unspecified atom stereocenters. The number of aliphatic hydroxyl groups is 1. The molecule has 0 aromatic heterocycles. The highest BCUT2D eigenvalue weighted by Gasteiger charge is 2.03. The Balaban J connectivity index is 3.15. The minimum atomic E-state index is -0.716. The molecule has 0 saturated heterocycles. The van der Waals surface area contributed by atoms with E-state index >= 15 is 0 Å². The summed E-state index contributed by atoms with van der Waals surface area (Å²) in [7, 11) is 0. The Morgan fingerprint density at radius 3 is 1.26 bits per heavy atom. The van der Waals surface area contributed by atoms with E-state index in [9.17, 15) is 9.59 Å².